The van der Waals surface area contributed by atoms with Gasteiger partial charge in [-0.25, -0.2) is 18.2 Å². The first-order chi connectivity index (χ1) is 7.59. The molecule has 1 aromatic heterocycles. The van der Waals surface area contributed by atoms with E-state index in [2.05, 4.69) is 4.98 Å². The van der Waals surface area contributed by atoms with Crippen LogP contribution in [0.4, 0.5) is 19.0 Å². The van der Waals surface area contributed by atoms with Crippen molar-refractivity contribution in [2.45, 2.75) is 0 Å². The van der Waals surface area contributed by atoms with Gasteiger partial charge < -0.3 is 5.73 Å². The molecule has 2 N–H and O–H groups in total. The molecule has 82 valence electrons. The fourth-order valence-electron chi connectivity index (χ4n) is 1.37. The molecule has 0 spiro atoms. The van der Waals surface area contributed by atoms with Crippen LogP contribution in [0.15, 0.2) is 30.5 Å². The number of benzene rings is 1. The van der Waals surface area contributed by atoms with E-state index in [0.29, 0.717) is 6.07 Å². The molecule has 0 aliphatic rings. The summed E-state index contributed by atoms with van der Waals surface area (Å²) in [6.07, 6.45) is 1.43. The number of nitrogen functional groups attached to an aromatic ring is 1. The molecule has 0 fully saturated rings. The second-order valence-corrected chi connectivity index (χ2v) is 3.18. The normalized spacial score (nSPS) is 10.4. The van der Waals surface area contributed by atoms with E-state index in [9.17, 15) is 13.2 Å². The highest BCUT2D eigenvalue weighted by Crippen LogP contribution is 2.28. The van der Waals surface area contributed by atoms with Gasteiger partial charge in [-0.05, 0) is 18.2 Å². The Morgan fingerprint density at radius 3 is 2.31 bits per heavy atom. The van der Waals surface area contributed by atoms with Crippen LogP contribution in [0.2, 0.25) is 0 Å². The fraction of sp³-hybridized carbons (Fsp3) is 0. The van der Waals surface area contributed by atoms with E-state index in [0.717, 1.165) is 6.07 Å². The third kappa shape index (κ3) is 1.71. The maximum Gasteiger partial charge on any atom is 0.161 e. The Labute approximate surface area is 89.5 Å². The lowest BCUT2D eigenvalue weighted by Gasteiger charge is -2.06. The van der Waals surface area contributed by atoms with Gasteiger partial charge in [-0.2, -0.15) is 0 Å². The molecule has 16 heavy (non-hydrogen) atoms. The number of hydrogen-bond acceptors (Lipinski definition) is 2. The van der Waals surface area contributed by atoms with E-state index in [1.165, 1.54) is 18.3 Å². The van der Waals surface area contributed by atoms with Crippen molar-refractivity contribution in [2.24, 2.45) is 0 Å². The number of hydrogen-bond donors (Lipinski definition) is 1. The fourth-order valence-corrected chi connectivity index (χ4v) is 1.37. The lowest BCUT2D eigenvalue weighted by molar-refractivity contribution is 0.496. The Morgan fingerprint density at radius 1 is 0.938 bits per heavy atom. The third-order valence-corrected chi connectivity index (χ3v) is 2.14. The highest BCUT2D eigenvalue weighted by molar-refractivity contribution is 5.73. The van der Waals surface area contributed by atoms with Crippen molar-refractivity contribution in [3.63, 3.8) is 0 Å². The molecular weight excluding hydrogens is 217 g/mol. The minimum absolute atomic E-state index is 0.0624. The minimum atomic E-state index is -1.23. The minimum Gasteiger partial charge on any atom is -0.383 e. The number of anilines is 1. The Balaban J connectivity index is 2.65. The zero-order valence-electron chi connectivity index (χ0n) is 8.05. The summed E-state index contributed by atoms with van der Waals surface area (Å²) in [6, 6.07) is 4.26. The number of nitrogens with two attached hydrogens (primary N) is 1. The molecule has 1 aromatic carbocycles. The lowest BCUT2D eigenvalue weighted by atomic mass is 10.1. The van der Waals surface area contributed by atoms with Crippen LogP contribution in [0.3, 0.4) is 0 Å². The van der Waals surface area contributed by atoms with Crippen LogP contribution in [0, 0.1) is 17.5 Å². The van der Waals surface area contributed by atoms with Crippen LogP contribution in [0.25, 0.3) is 11.1 Å². The number of halogens is 3. The summed E-state index contributed by atoms with van der Waals surface area (Å²) in [5.74, 6) is -3.17. The Bertz CT molecular complexity index is 541. The van der Waals surface area contributed by atoms with Crippen molar-refractivity contribution < 1.29 is 13.2 Å². The summed E-state index contributed by atoms with van der Waals surface area (Å²) in [7, 11) is 0. The quantitative estimate of drug-likeness (QED) is 0.756. The van der Waals surface area contributed by atoms with E-state index >= 15 is 0 Å². The molecular formula is C11H7F3N2. The Hall–Kier alpha value is -2.04. The van der Waals surface area contributed by atoms with Gasteiger partial charge in [-0.3, -0.25) is 0 Å². The maximum atomic E-state index is 13.4. The van der Waals surface area contributed by atoms with Gasteiger partial charge >= 0.3 is 0 Å². The summed E-state index contributed by atoms with van der Waals surface area (Å²) in [4.78, 5) is 3.74. The van der Waals surface area contributed by atoms with E-state index in [4.69, 9.17) is 5.73 Å². The van der Waals surface area contributed by atoms with Gasteiger partial charge in [-0.15, -0.1) is 0 Å². The average molecular weight is 224 g/mol. The van der Waals surface area contributed by atoms with Crippen molar-refractivity contribution in [1.29, 1.82) is 0 Å². The number of nitrogens with zero attached hydrogens (tertiary/aromatic N) is 1. The van der Waals surface area contributed by atoms with Gasteiger partial charge in [0.1, 0.15) is 11.6 Å². The summed E-state index contributed by atoms with van der Waals surface area (Å²) in [6.45, 7) is 0. The van der Waals surface area contributed by atoms with Gasteiger partial charge in [0.15, 0.2) is 11.6 Å². The molecule has 0 radical (unpaired) electrons. The van der Waals surface area contributed by atoms with E-state index in [1.54, 1.807) is 0 Å². The average Bonchev–Trinajstić information content (AvgIpc) is 2.25. The Morgan fingerprint density at radius 2 is 1.62 bits per heavy atom. The molecule has 5 heteroatoms. The first-order valence-electron chi connectivity index (χ1n) is 4.45. The summed E-state index contributed by atoms with van der Waals surface area (Å²) in [5.41, 5.74) is 5.64. The molecule has 0 saturated carbocycles. The monoisotopic (exact) mass is 224 g/mol. The zero-order chi connectivity index (χ0) is 11.7. The standard InChI is InChI=1S/C11H7F3N2/c12-8-5-10(14)9(13)4-7(8)6-2-1-3-16-11(6)15/h1-5H,(H2,15,16). The molecule has 0 saturated heterocycles. The van der Waals surface area contributed by atoms with E-state index in [-0.39, 0.29) is 16.9 Å². The molecule has 2 rings (SSSR count). The molecule has 0 amide bonds. The molecule has 2 aromatic rings. The lowest BCUT2D eigenvalue weighted by Crippen LogP contribution is -1.97. The van der Waals surface area contributed by atoms with Crippen molar-refractivity contribution in [2.75, 3.05) is 5.73 Å². The molecule has 2 nitrogen and oxygen atoms in total. The SMILES string of the molecule is Nc1ncccc1-c1cc(F)c(F)cc1F. The predicted octanol–water partition coefficient (Wildman–Crippen LogP) is 2.75. The molecule has 0 bridgehead atoms. The van der Waals surface area contributed by atoms with Crippen molar-refractivity contribution in [3.05, 3.63) is 47.9 Å². The summed E-state index contributed by atoms with van der Waals surface area (Å²) in [5, 5.41) is 0. The van der Waals surface area contributed by atoms with Crippen LogP contribution in [-0.4, -0.2) is 4.98 Å². The topological polar surface area (TPSA) is 38.9 Å². The van der Waals surface area contributed by atoms with E-state index < -0.39 is 17.5 Å². The smallest absolute Gasteiger partial charge is 0.161 e. The van der Waals surface area contributed by atoms with Crippen molar-refractivity contribution >= 4 is 5.82 Å². The summed E-state index contributed by atoms with van der Waals surface area (Å²) < 4.78 is 39.1. The highest BCUT2D eigenvalue weighted by atomic mass is 19.2. The van der Waals surface area contributed by atoms with Crippen LogP contribution in [0.5, 0.6) is 0 Å². The Kier molecular flexibility index (Phi) is 2.52. The molecule has 1 heterocycles. The predicted molar refractivity (Wildman–Crippen MR) is 54.0 cm³/mol. The second kappa shape index (κ2) is 3.84. The van der Waals surface area contributed by atoms with Crippen molar-refractivity contribution in [1.82, 2.24) is 4.98 Å². The third-order valence-electron chi connectivity index (χ3n) is 2.14. The summed E-state index contributed by atoms with van der Waals surface area (Å²) >= 11 is 0. The molecule has 0 unspecified atom stereocenters. The van der Waals surface area contributed by atoms with Gasteiger partial charge in [0, 0.05) is 23.4 Å². The van der Waals surface area contributed by atoms with Gasteiger partial charge in [-0.1, -0.05) is 0 Å². The van der Waals surface area contributed by atoms with Crippen molar-refractivity contribution in [3.8, 4) is 11.1 Å². The molecule has 0 atom stereocenters. The number of pyridine rings is 1. The second-order valence-electron chi connectivity index (χ2n) is 3.18. The first-order valence-corrected chi connectivity index (χ1v) is 4.45. The number of aromatic nitrogens is 1. The van der Waals surface area contributed by atoms with Gasteiger partial charge in [0.25, 0.3) is 0 Å². The molecule has 0 aliphatic heterocycles. The van der Waals surface area contributed by atoms with Crippen LogP contribution in [-0.2, 0) is 0 Å². The zero-order valence-corrected chi connectivity index (χ0v) is 8.05. The van der Waals surface area contributed by atoms with Gasteiger partial charge in [0.2, 0.25) is 0 Å². The molecule has 0 aliphatic carbocycles. The van der Waals surface area contributed by atoms with Crippen LogP contribution >= 0.6 is 0 Å². The number of rotatable bonds is 1. The van der Waals surface area contributed by atoms with E-state index in [1.807, 2.05) is 0 Å². The first kappa shape index (κ1) is 10.5. The van der Waals surface area contributed by atoms with Gasteiger partial charge in [0.05, 0.1) is 0 Å². The maximum absolute atomic E-state index is 13.4. The highest BCUT2D eigenvalue weighted by Gasteiger charge is 2.13. The van der Waals surface area contributed by atoms with Crippen LogP contribution < -0.4 is 5.73 Å². The van der Waals surface area contributed by atoms with Crippen LogP contribution in [0.1, 0.15) is 0 Å². The largest absolute Gasteiger partial charge is 0.383 e.